The number of benzene rings is 1. The Labute approximate surface area is 123 Å². The van der Waals surface area contributed by atoms with E-state index in [0.717, 1.165) is 10.9 Å². The van der Waals surface area contributed by atoms with Crippen LogP contribution < -0.4 is 4.72 Å². The van der Waals surface area contributed by atoms with Crippen LogP contribution in [0.2, 0.25) is 0 Å². The summed E-state index contributed by atoms with van der Waals surface area (Å²) in [6.45, 7) is 1.72. The standard InChI is InChI=1S/C12H11BrFNO2S2/c1-8(11-3-2-6-18-11)15-19(16,17)12-5-4-9(13)7-10(12)14/h2-8,15H,1H3. The lowest BCUT2D eigenvalue weighted by Crippen LogP contribution is -2.27. The van der Waals surface area contributed by atoms with E-state index in [-0.39, 0.29) is 4.90 Å². The first kappa shape index (κ1) is 14.6. The van der Waals surface area contributed by atoms with E-state index in [1.807, 2.05) is 17.5 Å². The van der Waals surface area contributed by atoms with Crippen molar-refractivity contribution in [2.24, 2.45) is 0 Å². The number of sulfonamides is 1. The summed E-state index contributed by atoms with van der Waals surface area (Å²) in [5.74, 6) is -0.778. The number of hydrogen-bond donors (Lipinski definition) is 1. The van der Waals surface area contributed by atoms with Crippen LogP contribution in [0.5, 0.6) is 0 Å². The van der Waals surface area contributed by atoms with E-state index in [0.29, 0.717) is 4.47 Å². The molecule has 3 nitrogen and oxygen atoms in total. The SMILES string of the molecule is CC(NS(=O)(=O)c1ccc(Br)cc1F)c1cccs1. The number of halogens is 2. The van der Waals surface area contributed by atoms with Crippen LogP contribution in [0.25, 0.3) is 0 Å². The van der Waals surface area contributed by atoms with Crippen molar-refractivity contribution in [3.63, 3.8) is 0 Å². The minimum absolute atomic E-state index is 0.348. The van der Waals surface area contributed by atoms with Gasteiger partial charge in [0.2, 0.25) is 10.0 Å². The highest BCUT2D eigenvalue weighted by Gasteiger charge is 2.22. The zero-order valence-corrected chi connectivity index (χ0v) is 13.1. The van der Waals surface area contributed by atoms with Gasteiger partial charge in [0, 0.05) is 9.35 Å². The zero-order valence-electron chi connectivity index (χ0n) is 9.93. The van der Waals surface area contributed by atoms with E-state index in [1.54, 1.807) is 6.92 Å². The Hall–Kier alpha value is -0.760. The smallest absolute Gasteiger partial charge is 0.207 e. The van der Waals surface area contributed by atoms with Crippen LogP contribution in [0.1, 0.15) is 17.8 Å². The summed E-state index contributed by atoms with van der Waals surface area (Å²) < 4.78 is 40.9. The molecule has 0 radical (unpaired) electrons. The van der Waals surface area contributed by atoms with Crippen LogP contribution in [0.3, 0.4) is 0 Å². The molecule has 0 aliphatic heterocycles. The maximum atomic E-state index is 13.7. The van der Waals surface area contributed by atoms with Crippen LogP contribution in [0.4, 0.5) is 4.39 Å². The number of hydrogen-bond acceptors (Lipinski definition) is 3. The molecule has 1 aromatic carbocycles. The number of nitrogens with one attached hydrogen (secondary N) is 1. The fourth-order valence-electron chi connectivity index (χ4n) is 1.59. The average Bonchev–Trinajstić information content (AvgIpc) is 2.80. The van der Waals surface area contributed by atoms with Gasteiger partial charge in [-0.15, -0.1) is 11.3 Å². The van der Waals surface area contributed by atoms with Gasteiger partial charge in [0.1, 0.15) is 10.7 Å². The lowest BCUT2D eigenvalue weighted by atomic mass is 10.3. The molecule has 1 unspecified atom stereocenters. The van der Waals surface area contributed by atoms with E-state index in [1.165, 1.54) is 23.5 Å². The first-order chi connectivity index (χ1) is 8.90. The van der Waals surface area contributed by atoms with Crippen molar-refractivity contribution >= 4 is 37.3 Å². The zero-order chi connectivity index (χ0) is 14.0. The molecule has 0 aliphatic rings. The van der Waals surface area contributed by atoms with Gasteiger partial charge in [-0.3, -0.25) is 0 Å². The van der Waals surface area contributed by atoms with E-state index < -0.39 is 21.9 Å². The van der Waals surface area contributed by atoms with Gasteiger partial charge >= 0.3 is 0 Å². The maximum absolute atomic E-state index is 13.7. The van der Waals surface area contributed by atoms with Crippen LogP contribution in [-0.4, -0.2) is 8.42 Å². The first-order valence-electron chi connectivity index (χ1n) is 5.41. The fourth-order valence-corrected chi connectivity index (χ4v) is 4.01. The summed E-state index contributed by atoms with van der Waals surface area (Å²) in [4.78, 5) is 0.528. The average molecular weight is 364 g/mol. The van der Waals surface area contributed by atoms with Crippen LogP contribution in [-0.2, 0) is 10.0 Å². The molecule has 0 fully saturated rings. The molecule has 0 spiro atoms. The summed E-state index contributed by atoms with van der Waals surface area (Å²) in [6.07, 6.45) is 0. The molecule has 19 heavy (non-hydrogen) atoms. The predicted octanol–water partition coefficient (Wildman–Crippen LogP) is 3.69. The van der Waals surface area contributed by atoms with Crippen LogP contribution >= 0.6 is 27.3 Å². The second kappa shape index (κ2) is 5.70. The second-order valence-corrected chi connectivity index (χ2v) is 7.51. The van der Waals surface area contributed by atoms with Gasteiger partial charge in [-0.05, 0) is 36.6 Å². The maximum Gasteiger partial charge on any atom is 0.244 e. The highest BCUT2D eigenvalue weighted by molar-refractivity contribution is 9.10. The lowest BCUT2D eigenvalue weighted by molar-refractivity contribution is 0.547. The summed E-state index contributed by atoms with van der Waals surface area (Å²) >= 11 is 4.54. The molecule has 1 atom stereocenters. The minimum Gasteiger partial charge on any atom is -0.207 e. The number of rotatable bonds is 4. The molecule has 2 rings (SSSR count). The van der Waals surface area contributed by atoms with E-state index in [2.05, 4.69) is 20.7 Å². The summed E-state index contributed by atoms with van der Waals surface area (Å²) in [5.41, 5.74) is 0. The third kappa shape index (κ3) is 3.42. The first-order valence-corrected chi connectivity index (χ1v) is 8.56. The Morgan fingerprint density at radius 3 is 2.68 bits per heavy atom. The van der Waals surface area contributed by atoms with Gasteiger partial charge in [0.05, 0.1) is 6.04 Å². The van der Waals surface area contributed by atoms with Gasteiger partial charge in [-0.2, -0.15) is 0 Å². The molecular weight excluding hydrogens is 353 g/mol. The largest absolute Gasteiger partial charge is 0.244 e. The van der Waals surface area contributed by atoms with Crippen molar-refractivity contribution in [2.75, 3.05) is 0 Å². The van der Waals surface area contributed by atoms with Crippen LogP contribution in [0.15, 0.2) is 45.1 Å². The third-order valence-corrected chi connectivity index (χ3v) is 5.61. The molecule has 102 valence electrons. The van der Waals surface area contributed by atoms with Crippen molar-refractivity contribution in [3.05, 3.63) is 50.9 Å². The second-order valence-electron chi connectivity index (χ2n) is 3.93. The van der Waals surface area contributed by atoms with E-state index in [4.69, 9.17) is 0 Å². The molecule has 2 aromatic rings. The highest BCUT2D eigenvalue weighted by Crippen LogP contribution is 2.23. The predicted molar refractivity (Wildman–Crippen MR) is 77.2 cm³/mol. The van der Waals surface area contributed by atoms with Gasteiger partial charge < -0.3 is 0 Å². The topological polar surface area (TPSA) is 46.2 Å². The van der Waals surface area contributed by atoms with E-state index in [9.17, 15) is 12.8 Å². The molecule has 7 heteroatoms. The Morgan fingerprint density at radius 1 is 1.37 bits per heavy atom. The van der Waals surface area contributed by atoms with Crippen molar-refractivity contribution in [3.8, 4) is 0 Å². The third-order valence-electron chi connectivity index (χ3n) is 2.49. The van der Waals surface area contributed by atoms with Crippen molar-refractivity contribution in [2.45, 2.75) is 17.9 Å². The van der Waals surface area contributed by atoms with Gasteiger partial charge in [-0.1, -0.05) is 22.0 Å². The molecule has 0 saturated carbocycles. The highest BCUT2D eigenvalue weighted by atomic mass is 79.9. The molecule has 1 heterocycles. The van der Waals surface area contributed by atoms with Crippen LogP contribution in [0, 0.1) is 5.82 Å². The summed E-state index contributed by atoms with van der Waals surface area (Å²) in [5, 5.41) is 1.86. The molecule has 0 saturated heterocycles. The van der Waals surface area contributed by atoms with E-state index >= 15 is 0 Å². The number of thiophene rings is 1. The lowest BCUT2D eigenvalue weighted by Gasteiger charge is -2.13. The van der Waals surface area contributed by atoms with Gasteiger partial charge in [0.15, 0.2) is 0 Å². The van der Waals surface area contributed by atoms with Crippen molar-refractivity contribution in [1.29, 1.82) is 0 Å². The Morgan fingerprint density at radius 2 is 2.11 bits per heavy atom. The molecule has 1 aromatic heterocycles. The molecular formula is C12H11BrFNO2S2. The fraction of sp³-hybridized carbons (Fsp3) is 0.167. The normalized spacial score (nSPS) is 13.4. The Kier molecular flexibility index (Phi) is 4.39. The Balaban J connectivity index is 2.28. The monoisotopic (exact) mass is 363 g/mol. The Bertz CT molecular complexity index is 671. The van der Waals surface area contributed by atoms with Crippen molar-refractivity contribution in [1.82, 2.24) is 4.72 Å². The van der Waals surface area contributed by atoms with Gasteiger partial charge in [-0.25, -0.2) is 17.5 Å². The van der Waals surface area contributed by atoms with Gasteiger partial charge in [0.25, 0.3) is 0 Å². The summed E-state index contributed by atoms with van der Waals surface area (Å²) in [7, 11) is -3.87. The molecule has 1 N–H and O–H groups in total. The molecule has 0 bridgehead atoms. The summed E-state index contributed by atoms with van der Waals surface area (Å²) in [6, 6.07) is 7.13. The quantitative estimate of drug-likeness (QED) is 0.900. The minimum atomic E-state index is -3.87. The van der Waals surface area contributed by atoms with Crippen molar-refractivity contribution < 1.29 is 12.8 Å². The molecule has 0 aliphatic carbocycles. The molecule has 0 amide bonds.